The topological polar surface area (TPSA) is 40.5 Å². The van der Waals surface area contributed by atoms with Crippen molar-refractivity contribution in [3.8, 4) is 0 Å². The number of carboxylic acids is 1. The normalized spacial score (nSPS) is 31.9. The van der Waals surface area contributed by atoms with Crippen LogP contribution in [0.5, 0.6) is 0 Å². The van der Waals surface area contributed by atoms with Gasteiger partial charge in [0.25, 0.3) is 0 Å². The van der Waals surface area contributed by atoms with Crippen molar-refractivity contribution >= 4 is 5.97 Å². The molecule has 3 heteroatoms. The van der Waals surface area contributed by atoms with Crippen molar-refractivity contribution in [2.45, 2.75) is 64.8 Å². The Balaban J connectivity index is 1.94. The minimum absolute atomic E-state index is 0.480. The van der Waals surface area contributed by atoms with Crippen molar-refractivity contribution in [1.82, 2.24) is 4.90 Å². The van der Waals surface area contributed by atoms with Gasteiger partial charge in [-0.3, -0.25) is 9.69 Å². The van der Waals surface area contributed by atoms with E-state index >= 15 is 0 Å². The monoisotopic (exact) mass is 253 g/mol. The minimum atomic E-state index is -0.592. The lowest BCUT2D eigenvalue weighted by molar-refractivity contribution is -0.153. The van der Waals surface area contributed by atoms with Crippen LogP contribution in [0.25, 0.3) is 0 Å². The van der Waals surface area contributed by atoms with Gasteiger partial charge in [0.2, 0.25) is 0 Å². The number of hydrogen-bond donors (Lipinski definition) is 1. The number of rotatable bonds is 5. The minimum Gasteiger partial charge on any atom is -0.481 e. The van der Waals surface area contributed by atoms with Crippen molar-refractivity contribution in [3.63, 3.8) is 0 Å². The molecule has 2 rings (SSSR count). The van der Waals surface area contributed by atoms with Gasteiger partial charge in [-0.25, -0.2) is 0 Å². The Morgan fingerprint density at radius 2 is 2.17 bits per heavy atom. The molecule has 0 aromatic heterocycles. The maximum Gasteiger partial charge on any atom is 0.310 e. The molecular formula is C15H27NO2. The third kappa shape index (κ3) is 2.71. The molecule has 2 fully saturated rings. The Morgan fingerprint density at radius 1 is 1.44 bits per heavy atom. The zero-order chi connectivity index (χ0) is 13.2. The van der Waals surface area contributed by atoms with Crippen LogP contribution in [0.15, 0.2) is 0 Å². The van der Waals surface area contributed by atoms with Gasteiger partial charge in [0, 0.05) is 12.6 Å². The fourth-order valence-electron chi connectivity index (χ4n) is 3.52. The highest BCUT2D eigenvalue weighted by molar-refractivity contribution is 5.75. The molecule has 1 saturated carbocycles. The van der Waals surface area contributed by atoms with Crippen molar-refractivity contribution in [2.24, 2.45) is 11.3 Å². The summed E-state index contributed by atoms with van der Waals surface area (Å²) in [7, 11) is 0. The smallest absolute Gasteiger partial charge is 0.310 e. The summed E-state index contributed by atoms with van der Waals surface area (Å²) in [6.07, 6.45) is 8.08. The molecule has 0 aromatic rings. The molecule has 2 atom stereocenters. The zero-order valence-electron chi connectivity index (χ0n) is 11.8. The average molecular weight is 253 g/mol. The maximum atomic E-state index is 11.5. The van der Waals surface area contributed by atoms with Crippen LogP contribution in [0.2, 0.25) is 0 Å². The van der Waals surface area contributed by atoms with E-state index in [-0.39, 0.29) is 0 Å². The van der Waals surface area contributed by atoms with Gasteiger partial charge in [0.15, 0.2) is 0 Å². The van der Waals surface area contributed by atoms with Crippen molar-refractivity contribution < 1.29 is 9.90 Å². The van der Waals surface area contributed by atoms with Crippen LogP contribution in [0, 0.1) is 11.3 Å². The summed E-state index contributed by atoms with van der Waals surface area (Å²) in [6.45, 7) is 6.15. The molecule has 1 aliphatic carbocycles. The molecule has 1 aliphatic heterocycles. The predicted octanol–water partition coefficient (Wildman–Crippen LogP) is 3.14. The highest BCUT2D eigenvalue weighted by Crippen LogP contribution is 2.37. The van der Waals surface area contributed by atoms with E-state index in [1.165, 1.54) is 25.7 Å². The van der Waals surface area contributed by atoms with Crippen LogP contribution in [-0.2, 0) is 4.79 Å². The van der Waals surface area contributed by atoms with Gasteiger partial charge in [-0.1, -0.05) is 26.2 Å². The summed E-state index contributed by atoms with van der Waals surface area (Å²) in [5.41, 5.74) is -0.480. The van der Waals surface area contributed by atoms with E-state index < -0.39 is 11.4 Å². The SMILES string of the molecule is CCC1(C(=O)O)CCCN(C(C)CC2CCC2)C1. The molecule has 0 amide bonds. The summed E-state index contributed by atoms with van der Waals surface area (Å²) in [4.78, 5) is 14.0. The third-order valence-electron chi connectivity index (χ3n) is 5.26. The second kappa shape index (κ2) is 5.60. The highest BCUT2D eigenvalue weighted by Gasteiger charge is 2.42. The molecule has 0 radical (unpaired) electrons. The standard InChI is InChI=1S/C15H27NO2/c1-3-15(14(17)18)8-5-9-16(11-15)12(2)10-13-6-4-7-13/h12-13H,3-11H2,1-2H3,(H,17,18). The Kier molecular flexibility index (Phi) is 4.31. The molecule has 1 heterocycles. The number of piperidine rings is 1. The van der Waals surface area contributed by atoms with Gasteiger partial charge in [0.05, 0.1) is 5.41 Å². The highest BCUT2D eigenvalue weighted by atomic mass is 16.4. The molecule has 0 aromatic carbocycles. The summed E-state index contributed by atoms with van der Waals surface area (Å²) < 4.78 is 0. The first kappa shape index (κ1) is 13.9. The lowest BCUT2D eigenvalue weighted by Crippen LogP contribution is -2.50. The van der Waals surface area contributed by atoms with Crippen LogP contribution in [-0.4, -0.2) is 35.1 Å². The Morgan fingerprint density at radius 3 is 2.67 bits per heavy atom. The van der Waals surface area contributed by atoms with E-state index in [1.54, 1.807) is 0 Å². The molecule has 0 bridgehead atoms. The van der Waals surface area contributed by atoms with Crippen molar-refractivity contribution in [1.29, 1.82) is 0 Å². The molecule has 2 aliphatic rings. The Bertz CT molecular complexity index is 301. The van der Waals surface area contributed by atoms with E-state index in [0.717, 1.165) is 38.3 Å². The molecule has 104 valence electrons. The van der Waals surface area contributed by atoms with E-state index in [4.69, 9.17) is 0 Å². The van der Waals surface area contributed by atoms with Gasteiger partial charge in [0.1, 0.15) is 0 Å². The summed E-state index contributed by atoms with van der Waals surface area (Å²) in [6, 6.07) is 0.556. The first-order chi connectivity index (χ1) is 8.57. The van der Waals surface area contributed by atoms with Crippen LogP contribution in [0.1, 0.15) is 58.8 Å². The molecular weight excluding hydrogens is 226 g/mol. The lowest BCUT2D eigenvalue weighted by atomic mass is 9.76. The first-order valence-corrected chi connectivity index (χ1v) is 7.55. The molecule has 1 N–H and O–H groups in total. The molecule has 18 heavy (non-hydrogen) atoms. The van der Waals surface area contributed by atoms with Crippen LogP contribution in [0.4, 0.5) is 0 Å². The lowest BCUT2D eigenvalue weighted by Gasteiger charge is -2.43. The average Bonchev–Trinajstić information content (AvgIpc) is 2.33. The van der Waals surface area contributed by atoms with Gasteiger partial charge >= 0.3 is 5.97 Å². The zero-order valence-corrected chi connectivity index (χ0v) is 11.8. The van der Waals surface area contributed by atoms with Crippen LogP contribution >= 0.6 is 0 Å². The van der Waals surface area contributed by atoms with Crippen molar-refractivity contribution in [2.75, 3.05) is 13.1 Å². The van der Waals surface area contributed by atoms with E-state index in [9.17, 15) is 9.90 Å². The van der Waals surface area contributed by atoms with E-state index in [2.05, 4.69) is 11.8 Å². The number of carboxylic acid groups (broad SMARTS) is 1. The van der Waals surface area contributed by atoms with Gasteiger partial charge < -0.3 is 5.11 Å². The largest absolute Gasteiger partial charge is 0.481 e. The quantitative estimate of drug-likeness (QED) is 0.818. The molecule has 1 saturated heterocycles. The number of aliphatic carboxylic acids is 1. The second-order valence-corrected chi connectivity index (χ2v) is 6.39. The number of hydrogen-bond acceptors (Lipinski definition) is 2. The summed E-state index contributed by atoms with van der Waals surface area (Å²) in [5.74, 6) is 0.313. The number of likely N-dealkylation sites (tertiary alicyclic amines) is 1. The molecule has 3 nitrogen and oxygen atoms in total. The Hall–Kier alpha value is -0.570. The van der Waals surface area contributed by atoms with Gasteiger partial charge in [-0.15, -0.1) is 0 Å². The van der Waals surface area contributed by atoms with E-state index in [0.29, 0.717) is 6.04 Å². The van der Waals surface area contributed by atoms with Gasteiger partial charge in [-0.2, -0.15) is 0 Å². The fraction of sp³-hybridized carbons (Fsp3) is 0.933. The molecule has 0 spiro atoms. The molecule has 2 unspecified atom stereocenters. The fourth-order valence-corrected chi connectivity index (χ4v) is 3.52. The van der Waals surface area contributed by atoms with Crippen LogP contribution in [0.3, 0.4) is 0 Å². The summed E-state index contributed by atoms with van der Waals surface area (Å²) in [5, 5.41) is 9.50. The van der Waals surface area contributed by atoms with E-state index in [1.807, 2.05) is 6.92 Å². The summed E-state index contributed by atoms with van der Waals surface area (Å²) >= 11 is 0. The number of carbonyl (C=O) groups is 1. The second-order valence-electron chi connectivity index (χ2n) is 6.39. The third-order valence-corrected chi connectivity index (χ3v) is 5.26. The van der Waals surface area contributed by atoms with Crippen LogP contribution < -0.4 is 0 Å². The Labute approximate surface area is 111 Å². The maximum absolute atomic E-state index is 11.5. The predicted molar refractivity (Wildman–Crippen MR) is 72.6 cm³/mol. The van der Waals surface area contributed by atoms with Crippen molar-refractivity contribution in [3.05, 3.63) is 0 Å². The first-order valence-electron chi connectivity index (χ1n) is 7.55. The number of nitrogens with zero attached hydrogens (tertiary/aromatic N) is 1. The van der Waals surface area contributed by atoms with Gasteiger partial charge in [-0.05, 0) is 45.1 Å².